The summed E-state index contributed by atoms with van der Waals surface area (Å²) in [6.45, 7) is 2.70. The zero-order valence-corrected chi connectivity index (χ0v) is 11.3. The largest absolute Gasteiger partial charge is 0.319 e. The lowest BCUT2D eigenvalue weighted by Gasteiger charge is -2.03. The highest BCUT2D eigenvalue weighted by atomic mass is 19.1. The zero-order valence-electron chi connectivity index (χ0n) is 11.3. The van der Waals surface area contributed by atoms with E-state index in [-0.39, 0.29) is 5.56 Å². The van der Waals surface area contributed by atoms with Crippen LogP contribution in [0.3, 0.4) is 0 Å². The minimum atomic E-state index is -0.460. The van der Waals surface area contributed by atoms with Crippen molar-refractivity contribution in [2.75, 3.05) is 13.6 Å². The quantitative estimate of drug-likeness (QED) is 0.920. The smallest absolute Gasteiger partial charge is 0.132 e. The van der Waals surface area contributed by atoms with Crippen LogP contribution in [0.25, 0.3) is 11.3 Å². The molecule has 0 atom stereocenters. The Kier molecular flexibility index (Phi) is 3.95. The fourth-order valence-corrected chi connectivity index (χ4v) is 2.19. The van der Waals surface area contributed by atoms with E-state index < -0.39 is 11.6 Å². The standard InChI is InChI=1S/C14H17F2N3/c1-9-13(6-7-17-2)19(3)18-14(9)11-8-10(15)4-5-12(11)16/h4-5,8,17H,6-7H2,1-3H3. The minimum absolute atomic E-state index is 0.212. The first kappa shape index (κ1) is 13.7. The van der Waals surface area contributed by atoms with E-state index in [1.54, 1.807) is 4.68 Å². The molecule has 1 N–H and O–H groups in total. The van der Waals surface area contributed by atoms with Gasteiger partial charge in [0.05, 0.1) is 5.69 Å². The minimum Gasteiger partial charge on any atom is -0.319 e. The van der Waals surface area contributed by atoms with Crippen LogP contribution < -0.4 is 5.32 Å². The van der Waals surface area contributed by atoms with E-state index in [1.165, 1.54) is 6.07 Å². The van der Waals surface area contributed by atoms with Crippen molar-refractivity contribution in [2.45, 2.75) is 13.3 Å². The van der Waals surface area contributed by atoms with Crippen molar-refractivity contribution in [1.82, 2.24) is 15.1 Å². The van der Waals surface area contributed by atoms with Gasteiger partial charge in [-0.15, -0.1) is 0 Å². The van der Waals surface area contributed by atoms with E-state index in [0.29, 0.717) is 5.69 Å². The molecule has 2 rings (SSSR count). The number of hydrogen-bond donors (Lipinski definition) is 1. The second-order valence-corrected chi connectivity index (χ2v) is 4.52. The lowest BCUT2D eigenvalue weighted by molar-refractivity contribution is 0.602. The molecule has 0 aliphatic carbocycles. The number of benzene rings is 1. The fourth-order valence-electron chi connectivity index (χ4n) is 2.19. The van der Waals surface area contributed by atoms with Crippen molar-refractivity contribution >= 4 is 0 Å². The van der Waals surface area contributed by atoms with Crippen molar-refractivity contribution < 1.29 is 8.78 Å². The summed E-state index contributed by atoms with van der Waals surface area (Å²) in [5.41, 5.74) is 2.63. The van der Waals surface area contributed by atoms with Gasteiger partial charge in [0.1, 0.15) is 11.6 Å². The molecule has 2 aromatic rings. The van der Waals surface area contributed by atoms with Crippen molar-refractivity contribution in [2.24, 2.45) is 7.05 Å². The molecule has 0 aliphatic rings. The maximum absolute atomic E-state index is 13.8. The molecular weight excluding hydrogens is 248 g/mol. The van der Waals surface area contributed by atoms with Gasteiger partial charge in [0.2, 0.25) is 0 Å². The van der Waals surface area contributed by atoms with E-state index >= 15 is 0 Å². The van der Waals surface area contributed by atoms with Gasteiger partial charge in [-0.2, -0.15) is 5.10 Å². The number of hydrogen-bond acceptors (Lipinski definition) is 2. The maximum Gasteiger partial charge on any atom is 0.132 e. The number of halogens is 2. The first-order chi connectivity index (χ1) is 9.04. The Morgan fingerprint density at radius 3 is 2.74 bits per heavy atom. The van der Waals surface area contributed by atoms with Crippen LogP contribution in [-0.4, -0.2) is 23.4 Å². The third kappa shape index (κ3) is 2.66. The van der Waals surface area contributed by atoms with Crippen molar-refractivity contribution in [3.8, 4) is 11.3 Å². The summed E-state index contributed by atoms with van der Waals surface area (Å²) in [7, 11) is 3.69. The van der Waals surface area contributed by atoms with E-state index in [4.69, 9.17) is 0 Å². The summed E-state index contributed by atoms with van der Waals surface area (Å²) in [5.74, 6) is -0.916. The molecule has 1 aromatic carbocycles. The monoisotopic (exact) mass is 265 g/mol. The van der Waals surface area contributed by atoms with E-state index in [9.17, 15) is 8.78 Å². The van der Waals surface area contributed by atoms with E-state index in [1.807, 2.05) is 21.0 Å². The van der Waals surface area contributed by atoms with Gasteiger partial charge in [-0.05, 0) is 37.7 Å². The molecule has 102 valence electrons. The van der Waals surface area contributed by atoms with Gasteiger partial charge in [0.15, 0.2) is 0 Å². The third-order valence-corrected chi connectivity index (χ3v) is 3.22. The summed E-state index contributed by atoms with van der Waals surface area (Å²) in [5, 5.41) is 7.38. The average molecular weight is 265 g/mol. The first-order valence-electron chi connectivity index (χ1n) is 6.17. The van der Waals surface area contributed by atoms with Gasteiger partial charge in [-0.1, -0.05) is 0 Å². The maximum atomic E-state index is 13.8. The summed E-state index contributed by atoms with van der Waals surface area (Å²) in [4.78, 5) is 0. The number of nitrogens with zero attached hydrogens (tertiary/aromatic N) is 2. The zero-order chi connectivity index (χ0) is 14.0. The highest BCUT2D eigenvalue weighted by Crippen LogP contribution is 2.27. The van der Waals surface area contributed by atoms with Crippen LogP contribution in [0.5, 0.6) is 0 Å². The molecule has 1 aromatic heterocycles. The predicted molar refractivity (Wildman–Crippen MR) is 70.9 cm³/mol. The summed E-state index contributed by atoms with van der Waals surface area (Å²) in [6, 6.07) is 3.43. The number of aromatic nitrogens is 2. The van der Waals surface area contributed by atoms with Gasteiger partial charge < -0.3 is 5.32 Å². The van der Waals surface area contributed by atoms with Crippen molar-refractivity contribution in [3.05, 3.63) is 41.1 Å². The molecule has 0 aliphatic heterocycles. The topological polar surface area (TPSA) is 29.9 Å². The molecule has 0 saturated heterocycles. The van der Waals surface area contributed by atoms with Crippen LogP contribution >= 0.6 is 0 Å². The molecule has 0 unspecified atom stereocenters. The number of rotatable bonds is 4. The van der Waals surface area contributed by atoms with Crippen LogP contribution in [0.15, 0.2) is 18.2 Å². The number of aryl methyl sites for hydroxylation is 1. The molecule has 1 heterocycles. The molecule has 0 radical (unpaired) electrons. The van der Waals surface area contributed by atoms with Crippen molar-refractivity contribution in [3.63, 3.8) is 0 Å². The fraction of sp³-hybridized carbons (Fsp3) is 0.357. The molecule has 0 bridgehead atoms. The van der Waals surface area contributed by atoms with E-state index in [2.05, 4.69) is 10.4 Å². The molecule has 5 heteroatoms. The second-order valence-electron chi connectivity index (χ2n) is 4.52. The lowest BCUT2D eigenvalue weighted by atomic mass is 10.1. The molecule has 19 heavy (non-hydrogen) atoms. The first-order valence-corrected chi connectivity index (χ1v) is 6.17. The normalized spacial score (nSPS) is 11.0. The Labute approximate surface area is 111 Å². The lowest BCUT2D eigenvalue weighted by Crippen LogP contribution is -2.13. The van der Waals surface area contributed by atoms with Gasteiger partial charge >= 0.3 is 0 Å². The Balaban J connectivity index is 2.48. The number of nitrogens with one attached hydrogen (secondary N) is 1. The Morgan fingerprint density at radius 1 is 1.32 bits per heavy atom. The van der Waals surface area contributed by atoms with Crippen LogP contribution in [0.4, 0.5) is 8.78 Å². The summed E-state index contributed by atoms with van der Waals surface area (Å²) >= 11 is 0. The highest BCUT2D eigenvalue weighted by molar-refractivity contribution is 5.64. The van der Waals surface area contributed by atoms with Gasteiger partial charge in [0.25, 0.3) is 0 Å². The molecule has 0 saturated carbocycles. The molecule has 0 amide bonds. The summed E-state index contributed by atoms with van der Waals surface area (Å²) in [6.07, 6.45) is 0.794. The summed E-state index contributed by atoms with van der Waals surface area (Å²) < 4.78 is 28.8. The van der Waals surface area contributed by atoms with Gasteiger partial charge in [-0.25, -0.2) is 8.78 Å². The number of likely N-dealkylation sites (N-methyl/N-ethyl adjacent to an activating group) is 1. The molecule has 0 spiro atoms. The Hall–Kier alpha value is -1.75. The average Bonchev–Trinajstić information content (AvgIpc) is 2.66. The van der Waals surface area contributed by atoms with Crippen LogP contribution in [0, 0.1) is 18.6 Å². The Bertz CT molecular complexity index is 591. The van der Waals surface area contributed by atoms with E-state index in [0.717, 1.165) is 36.4 Å². The van der Waals surface area contributed by atoms with Crippen molar-refractivity contribution in [1.29, 1.82) is 0 Å². The SMILES string of the molecule is CNCCc1c(C)c(-c2cc(F)ccc2F)nn1C. The Morgan fingerprint density at radius 2 is 2.05 bits per heavy atom. The second kappa shape index (κ2) is 5.48. The molecule has 3 nitrogen and oxygen atoms in total. The third-order valence-electron chi connectivity index (χ3n) is 3.22. The van der Waals surface area contributed by atoms with Crippen LogP contribution in [-0.2, 0) is 13.5 Å². The van der Waals surface area contributed by atoms with Gasteiger partial charge in [-0.3, -0.25) is 4.68 Å². The molecular formula is C14H17F2N3. The highest BCUT2D eigenvalue weighted by Gasteiger charge is 2.17. The van der Waals surface area contributed by atoms with Crippen LogP contribution in [0.2, 0.25) is 0 Å². The molecule has 0 fully saturated rings. The predicted octanol–water partition coefficient (Wildman–Crippen LogP) is 2.44. The van der Waals surface area contributed by atoms with Gasteiger partial charge in [0, 0.05) is 31.3 Å². The van der Waals surface area contributed by atoms with Crippen LogP contribution in [0.1, 0.15) is 11.3 Å².